The van der Waals surface area contributed by atoms with Gasteiger partial charge in [0.15, 0.2) is 5.82 Å². The minimum Gasteiger partial charge on any atom is -0.491 e. The van der Waals surface area contributed by atoms with Crippen LogP contribution < -0.4 is 34.8 Å². The molecule has 3 fully saturated rings. The number of fused-ring (bicyclic) bond motifs is 1. The summed E-state index contributed by atoms with van der Waals surface area (Å²) in [6, 6.07) is 14.7. The van der Waals surface area contributed by atoms with Gasteiger partial charge in [-0.3, -0.25) is 9.59 Å². The van der Waals surface area contributed by atoms with Crippen molar-refractivity contribution in [2.45, 2.75) is 110 Å². The van der Waals surface area contributed by atoms with Crippen LogP contribution in [0.1, 0.15) is 95.5 Å². The second-order valence-electron chi connectivity index (χ2n) is 18.8. The molecule has 0 bridgehead atoms. The number of piperidine rings is 1. The zero-order valence-electron chi connectivity index (χ0n) is 38.8. The van der Waals surface area contributed by atoms with Crippen LogP contribution in [0.5, 0.6) is 11.5 Å². The van der Waals surface area contributed by atoms with Crippen LogP contribution in [0.25, 0.3) is 0 Å². The molecule has 2 amide bonds. The number of hydrogen-bond donors (Lipinski definition) is 2. The number of carbonyl (C=O) groups is 2. The van der Waals surface area contributed by atoms with Crippen LogP contribution in [-0.2, 0) is 14.3 Å². The molecule has 0 radical (unpaired) electrons. The molecule has 8 rings (SSSR count). The van der Waals surface area contributed by atoms with E-state index in [0.717, 1.165) is 62.4 Å². The highest BCUT2D eigenvalue weighted by atomic mass is 35.5. The number of hydrogen-bond acceptors (Lipinski definition) is 14. The largest absolute Gasteiger partial charge is 0.491 e. The third-order valence-electron chi connectivity index (χ3n) is 13.6. The van der Waals surface area contributed by atoms with Gasteiger partial charge in [0.05, 0.1) is 48.3 Å². The summed E-state index contributed by atoms with van der Waals surface area (Å²) in [7, 11) is 1.81. The van der Waals surface area contributed by atoms with Gasteiger partial charge in [-0.1, -0.05) is 65.1 Å². The first kappa shape index (κ1) is 46.8. The van der Waals surface area contributed by atoms with Gasteiger partial charge in [0.1, 0.15) is 42.0 Å². The summed E-state index contributed by atoms with van der Waals surface area (Å²) < 4.78 is 24.3. The zero-order valence-corrected chi connectivity index (χ0v) is 39.5. The van der Waals surface area contributed by atoms with E-state index in [1.807, 2.05) is 24.3 Å². The van der Waals surface area contributed by atoms with Gasteiger partial charge in [-0.15, -0.1) is 0 Å². The number of benzene rings is 2. The van der Waals surface area contributed by atoms with E-state index < -0.39 is 0 Å². The first-order chi connectivity index (χ1) is 31.8. The van der Waals surface area contributed by atoms with E-state index in [1.165, 1.54) is 12.8 Å². The second kappa shape index (κ2) is 20.0. The molecule has 2 N–H and O–H groups in total. The molecule has 1 saturated heterocycles. The lowest BCUT2D eigenvalue weighted by Crippen LogP contribution is -2.74. The molecule has 350 valence electrons. The van der Waals surface area contributed by atoms with Crippen LogP contribution >= 0.6 is 11.6 Å². The van der Waals surface area contributed by atoms with Gasteiger partial charge in [-0.25, -0.2) is 15.0 Å². The predicted octanol–water partition coefficient (Wildman–Crippen LogP) is 7.73. The molecule has 2 aromatic carbocycles. The van der Waals surface area contributed by atoms with Crippen molar-refractivity contribution in [2.75, 3.05) is 66.6 Å². The highest BCUT2D eigenvalue weighted by Crippen LogP contribution is 2.55. The molecule has 2 aliphatic heterocycles. The van der Waals surface area contributed by atoms with Gasteiger partial charge in [0, 0.05) is 73.3 Å². The van der Waals surface area contributed by atoms with Crippen molar-refractivity contribution in [3.05, 3.63) is 77.2 Å². The molecular formula is C49H61ClN10O6. The first-order valence-corrected chi connectivity index (χ1v) is 23.5. The van der Waals surface area contributed by atoms with Crippen LogP contribution in [0.4, 0.5) is 29.1 Å². The number of nitrogens with zero attached hydrogens (tertiary/aromatic N) is 8. The molecule has 4 aromatic rings. The van der Waals surface area contributed by atoms with E-state index in [-0.39, 0.29) is 46.9 Å². The molecule has 17 heteroatoms. The van der Waals surface area contributed by atoms with E-state index in [1.54, 1.807) is 48.7 Å². The quantitative estimate of drug-likeness (QED) is 0.0983. The molecule has 4 aliphatic rings. The lowest BCUT2D eigenvalue weighted by Gasteiger charge is -2.63. The van der Waals surface area contributed by atoms with E-state index in [9.17, 15) is 14.9 Å². The minimum atomic E-state index is -0.388. The molecule has 0 unspecified atom stereocenters. The number of nitriles is 1. The van der Waals surface area contributed by atoms with Crippen molar-refractivity contribution < 1.29 is 28.5 Å². The summed E-state index contributed by atoms with van der Waals surface area (Å²) in [5, 5.41) is 16.1. The Morgan fingerprint density at radius 1 is 0.924 bits per heavy atom. The van der Waals surface area contributed by atoms with Gasteiger partial charge in [0.2, 0.25) is 17.8 Å². The normalized spacial score (nSPS) is 21.5. The van der Waals surface area contributed by atoms with Crippen molar-refractivity contribution in [1.29, 1.82) is 5.26 Å². The average Bonchev–Trinajstić information content (AvgIpc) is 3.86. The molecule has 2 saturated carbocycles. The van der Waals surface area contributed by atoms with Gasteiger partial charge in [-0.2, -0.15) is 10.2 Å². The number of halogens is 1. The zero-order chi connectivity index (χ0) is 46.6. The smallest absolute Gasteiger partial charge is 0.254 e. The van der Waals surface area contributed by atoms with E-state index in [2.05, 4.69) is 76.1 Å². The van der Waals surface area contributed by atoms with Crippen LogP contribution in [0.3, 0.4) is 0 Å². The Bertz CT molecular complexity index is 2380. The van der Waals surface area contributed by atoms with Gasteiger partial charge >= 0.3 is 0 Å². The number of aromatic nitrogens is 4. The Morgan fingerprint density at radius 3 is 2.35 bits per heavy atom. The number of rotatable bonds is 17. The summed E-state index contributed by atoms with van der Waals surface area (Å²) in [5.41, 5.74) is 1.55. The van der Waals surface area contributed by atoms with Crippen molar-refractivity contribution in [3.63, 3.8) is 0 Å². The summed E-state index contributed by atoms with van der Waals surface area (Å²) >= 11 is 6.25. The van der Waals surface area contributed by atoms with Gasteiger partial charge in [0.25, 0.3) is 5.91 Å². The van der Waals surface area contributed by atoms with E-state index in [4.69, 9.17) is 35.5 Å². The SMILES string of the molecule is CC[C@@H]1C(=O)N(C)c2cnc(Nc3cccc(OCCOCCOC4CCN(c5ncc(C(=O)NC6C(C)(C)C(Oc7ccc(C#N)c(Cl)c7)C6(C)C)cn5)CC4)c3)nc2N1C1CCCC1. The molecule has 2 aromatic heterocycles. The molecule has 66 heavy (non-hydrogen) atoms. The van der Waals surface area contributed by atoms with Crippen LogP contribution in [0.2, 0.25) is 5.02 Å². The Kier molecular flexibility index (Phi) is 14.2. The van der Waals surface area contributed by atoms with E-state index >= 15 is 0 Å². The fourth-order valence-corrected chi connectivity index (χ4v) is 10.7. The third-order valence-corrected chi connectivity index (χ3v) is 13.9. The fraction of sp³-hybridized carbons (Fsp3) is 0.531. The molecular weight excluding hydrogens is 860 g/mol. The van der Waals surface area contributed by atoms with Crippen molar-refractivity contribution in [3.8, 4) is 17.6 Å². The summed E-state index contributed by atoms with van der Waals surface area (Å²) in [5.74, 6) is 3.00. The summed E-state index contributed by atoms with van der Waals surface area (Å²) in [6.45, 7) is 13.6. The maximum Gasteiger partial charge on any atom is 0.254 e. The number of anilines is 5. The van der Waals surface area contributed by atoms with E-state index in [0.29, 0.717) is 72.0 Å². The number of carbonyl (C=O) groups excluding carboxylic acids is 2. The minimum absolute atomic E-state index is 0.0933. The van der Waals surface area contributed by atoms with Crippen molar-refractivity contribution >= 4 is 52.5 Å². The Labute approximate surface area is 392 Å². The van der Waals surface area contributed by atoms with Crippen LogP contribution in [-0.4, -0.2) is 109 Å². The second-order valence-corrected chi connectivity index (χ2v) is 19.2. The van der Waals surface area contributed by atoms with Crippen LogP contribution in [0.15, 0.2) is 61.1 Å². The molecule has 2 aliphatic carbocycles. The van der Waals surface area contributed by atoms with Crippen molar-refractivity contribution in [2.24, 2.45) is 10.8 Å². The molecule has 0 spiro atoms. The Hall–Kier alpha value is -5.76. The Balaban J connectivity index is 0.727. The predicted molar refractivity (Wildman–Crippen MR) is 253 cm³/mol. The Morgan fingerprint density at radius 2 is 1.65 bits per heavy atom. The topological polar surface area (TPSA) is 180 Å². The van der Waals surface area contributed by atoms with Crippen LogP contribution in [0, 0.1) is 22.2 Å². The first-order valence-electron chi connectivity index (χ1n) is 23.1. The number of ether oxygens (including phenoxy) is 4. The summed E-state index contributed by atoms with van der Waals surface area (Å²) in [6.07, 6.45) is 11.6. The highest BCUT2D eigenvalue weighted by molar-refractivity contribution is 6.31. The molecule has 1 atom stereocenters. The van der Waals surface area contributed by atoms with Gasteiger partial charge < -0.3 is 44.3 Å². The molecule has 16 nitrogen and oxygen atoms in total. The maximum absolute atomic E-state index is 13.4. The summed E-state index contributed by atoms with van der Waals surface area (Å²) in [4.78, 5) is 51.3. The number of likely N-dealkylation sites (N-methyl/N-ethyl adjacent to an activating group) is 1. The van der Waals surface area contributed by atoms with Gasteiger partial charge in [-0.05, 0) is 56.4 Å². The average molecular weight is 922 g/mol. The maximum atomic E-state index is 13.4. The monoisotopic (exact) mass is 920 g/mol. The lowest BCUT2D eigenvalue weighted by molar-refractivity contribution is -0.164. The standard InChI is InChI=1S/C49H61ClN10O6/c1-7-39-43(62)58(6)40-30-52-46(56-41(40)60(39)34-12-8-9-13-34)55-33-11-10-14-36(25-33)65-24-22-63-21-23-64-35-17-19-59(20-18-35)47-53-28-32(29-54-47)42(61)57-44-48(2,3)45(49(44,4)5)66-37-16-15-31(27-51)38(50)26-37/h10-11,14-16,25-26,28-30,34-35,39,44-45H,7-9,12-13,17-24H2,1-6H3,(H,57,61)(H,52,55,56)/t39-,44?,45?/m1/s1. The van der Waals surface area contributed by atoms with Crippen molar-refractivity contribution in [1.82, 2.24) is 25.3 Å². The fourth-order valence-electron chi connectivity index (χ4n) is 10.5. The highest BCUT2D eigenvalue weighted by Gasteiger charge is 2.64. The number of nitrogens with one attached hydrogen (secondary N) is 2. The molecule has 4 heterocycles. The number of amides is 2. The third kappa shape index (κ3) is 9.84. The lowest BCUT2D eigenvalue weighted by atomic mass is 9.49.